The van der Waals surface area contributed by atoms with Crippen LogP contribution in [0.25, 0.3) is 0 Å². The maximum absolute atomic E-state index is 9.77. The van der Waals surface area contributed by atoms with E-state index in [0.717, 1.165) is 36.2 Å². The van der Waals surface area contributed by atoms with Crippen molar-refractivity contribution in [2.75, 3.05) is 20.8 Å². The highest BCUT2D eigenvalue weighted by molar-refractivity contribution is 6.13. The zero-order valence-corrected chi connectivity index (χ0v) is 16.8. The van der Waals surface area contributed by atoms with Crippen molar-refractivity contribution >= 4 is 5.71 Å². The first-order valence-electron chi connectivity index (χ1n) is 9.54. The summed E-state index contributed by atoms with van der Waals surface area (Å²) < 4.78 is 10.9. The maximum Gasteiger partial charge on any atom is 0.161 e. The number of oxime groups is 1. The van der Waals surface area contributed by atoms with Crippen molar-refractivity contribution in [3.8, 4) is 11.5 Å². The molecule has 3 aromatic rings. The van der Waals surface area contributed by atoms with Gasteiger partial charge in [0.05, 0.1) is 14.2 Å². The molecule has 0 saturated carbocycles. The fourth-order valence-electron chi connectivity index (χ4n) is 3.26. The van der Waals surface area contributed by atoms with Gasteiger partial charge in [0.1, 0.15) is 5.71 Å². The van der Waals surface area contributed by atoms with Gasteiger partial charge in [0.2, 0.25) is 0 Å². The van der Waals surface area contributed by atoms with Gasteiger partial charge >= 0.3 is 0 Å². The van der Waals surface area contributed by atoms with Crippen LogP contribution in [0.4, 0.5) is 0 Å². The zero-order chi connectivity index (χ0) is 20.5. The van der Waals surface area contributed by atoms with E-state index in [1.807, 2.05) is 60.7 Å². The van der Waals surface area contributed by atoms with Crippen molar-refractivity contribution in [3.63, 3.8) is 0 Å². The molecule has 0 bridgehead atoms. The van der Waals surface area contributed by atoms with Gasteiger partial charge in [-0.05, 0) is 36.2 Å². The van der Waals surface area contributed by atoms with Crippen LogP contribution in [-0.2, 0) is 13.0 Å². The zero-order valence-electron chi connectivity index (χ0n) is 16.8. The molecule has 0 saturated heterocycles. The predicted molar refractivity (Wildman–Crippen MR) is 115 cm³/mol. The van der Waals surface area contributed by atoms with Crippen LogP contribution in [0.1, 0.15) is 22.3 Å². The highest BCUT2D eigenvalue weighted by Gasteiger charge is 2.17. The van der Waals surface area contributed by atoms with E-state index in [1.165, 1.54) is 5.56 Å². The SMILES string of the molecule is COc1cc(CCNCc2ccccc2)c(/C(=N\O)c2ccccc2)cc1OC. The summed E-state index contributed by atoms with van der Waals surface area (Å²) in [4.78, 5) is 0. The molecule has 0 spiro atoms. The molecule has 150 valence electrons. The number of ether oxygens (including phenoxy) is 2. The second kappa shape index (κ2) is 10.3. The summed E-state index contributed by atoms with van der Waals surface area (Å²) in [5, 5.41) is 16.8. The summed E-state index contributed by atoms with van der Waals surface area (Å²) in [7, 11) is 3.22. The molecular formula is C24H26N2O3. The van der Waals surface area contributed by atoms with Crippen molar-refractivity contribution < 1.29 is 14.7 Å². The predicted octanol–water partition coefficient (Wildman–Crippen LogP) is 4.26. The lowest BCUT2D eigenvalue weighted by Crippen LogP contribution is -2.18. The molecule has 2 N–H and O–H groups in total. The van der Waals surface area contributed by atoms with Crippen LogP contribution in [0.2, 0.25) is 0 Å². The quantitative estimate of drug-likeness (QED) is 0.248. The topological polar surface area (TPSA) is 63.1 Å². The van der Waals surface area contributed by atoms with Crippen molar-refractivity contribution in [1.82, 2.24) is 5.32 Å². The summed E-state index contributed by atoms with van der Waals surface area (Å²) in [5.74, 6) is 1.25. The Morgan fingerprint density at radius 3 is 2.14 bits per heavy atom. The second-order valence-corrected chi connectivity index (χ2v) is 6.59. The molecule has 0 radical (unpaired) electrons. The number of hydrogen-bond donors (Lipinski definition) is 2. The van der Waals surface area contributed by atoms with Crippen molar-refractivity contribution in [3.05, 3.63) is 95.1 Å². The minimum Gasteiger partial charge on any atom is -0.493 e. The van der Waals surface area contributed by atoms with E-state index in [0.29, 0.717) is 17.2 Å². The van der Waals surface area contributed by atoms with E-state index in [9.17, 15) is 5.21 Å². The van der Waals surface area contributed by atoms with Crippen LogP contribution in [0.3, 0.4) is 0 Å². The molecule has 3 rings (SSSR count). The van der Waals surface area contributed by atoms with E-state index in [1.54, 1.807) is 14.2 Å². The Labute approximate surface area is 171 Å². The molecule has 0 amide bonds. The molecule has 0 aliphatic carbocycles. The Morgan fingerprint density at radius 1 is 0.897 bits per heavy atom. The monoisotopic (exact) mass is 390 g/mol. The first-order chi connectivity index (χ1) is 14.3. The van der Waals surface area contributed by atoms with Crippen LogP contribution in [0.5, 0.6) is 11.5 Å². The summed E-state index contributed by atoms with van der Waals surface area (Å²) in [6, 6.07) is 23.7. The van der Waals surface area contributed by atoms with Crippen molar-refractivity contribution in [2.45, 2.75) is 13.0 Å². The molecule has 29 heavy (non-hydrogen) atoms. The highest BCUT2D eigenvalue weighted by Crippen LogP contribution is 2.32. The van der Waals surface area contributed by atoms with E-state index < -0.39 is 0 Å². The Bertz CT molecular complexity index is 941. The first kappa shape index (κ1) is 20.4. The Balaban J connectivity index is 1.85. The number of rotatable bonds is 9. The van der Waals surface area contributed by atoms with Crippen LogP contribution < -0.4 is 14.8 Å². The fourth-order valence-corrected chi connectivity index (χ4v) is 3.26. The largest absolute Gasteiger partial charge is 0.493 e. The number of hydrogen-bond acceptors (Lipinski definition) is 5. The third kappa shape index (κ3) is 5.15. The van der Waals surface area contributed by atoms with Gasteiger partial charge in [-0.25, -0.2) is 0 Å². The van der Waals surface area contributed by atoms with Gasteiger partial charge < -0.3 is 20.0 Å². The molecule has 5 nitrogen and oxygen atoms in total. The van der Waals surface area contributed by atoms with Crippen LogP contribution >= 0.6 is 0 Å². The van der Waals surface area contributed by atoms with Gasteiger partial charge in [-0.15, -0.1) is 0 Å². The van der Waals surface area contributed by atoms with Crippen molar-refractivity contribution in [1.29, 1.82) is 0 Å². The van der Waals surface area contributed by atoms with Crippen LogP contribution in [0.15, 0.2) is 78.0 Å². The summed E-state index contributed by atoms with van der Waals surface area (Å²) in [6.07, 6.45) is 0.744. The number of nitrogens with zero attached hydrogens (tertiary/aromatic N) is 1. The van der Waals surface area contributed by atoms with Gasteiger partial charge in [0.25, 0.3) is 0 Å². The van der Waals surface area contributed by atoms with E-state index in [4.69, 9.17) is 9.47 Å². The van der Waals surface area contributed by atoms with E-state index >= 15 is 0 Å². The molecule has 5 heteroatoms. The second-order valence-electron chi connectivity index (χ2n) is 6.59. The summed E-state index contributed by atoms with van der Waals surface area (Å²) >= 11 is 0. The normalized spacial score (nSPS) is 11.3. The van der Waals surface area contributed by atoms with Crippen molar-refractivity contribution in [2.24, 2.45) is 5.16 Å². The van der Waals surface area contributed by atoms with Crippen LogP contribution in [-0.4, -0.2) is 31.7 Å². The molecule has 0 atom stereocenters. The molecular weight excluding hydrogens is 364 g/mol. The first-order valence-corrected chi connectivity index (χ1v) is 9.54. The molecule has 3 aromatic carbocycles. The molecule has 0 aromatic heterocycles. The standard InChI is InChI=1S/C24H26N2O3/c1-28-22-15-20(13-14-25-17-18-9-5-3-6-10-18)21(16-23(22)29-2)24(26-27)19-11-7-4-8-12-19/h3-12,15-16,25,27H,13-14,17H2,1-2H3/b26-24-. The van der Waals surface area contributed by atoms with Gasteiger partial charge in [-0.1, -0.05) is 65.8 Å². The third-order valence-corrected chi connectivity index (χ3v) is 4.75. The number of methoxy groups -OCH3 is 2. The molecule has 0 heterocycles. The highest BCUT2D eigenvalue weighted by atomic mass is 16.5. The fraction of sp³-hybridized carbons (Fsp3) is 0.208. The number of nitrogens with one attached hydrogen (secondary N) is 1. The average molecular weight is 390 g/mol. The van der Waals surface area contributed by atoms with Gasteiger partial charge in [0, 0.05) is 17.7 Å². The Morgan fingerprint density at radius 2 is 1.52 bits per heavy atom. The molecule has 0 fully saturated rings. The summed E-state index contributed by atoms with van der Waals surface area (Å²) in [6.45, 7) is 1.56. The summed E-state index contributed by atoms with van der Waals surface area (Å²) in [5.41, 5.74) is 4.41. The average Bonchev–Trinajstić information content (AvgIpc) is 2.79. The number of benzene rings is 3. The lowest BCUT2D eigenvalue weighted by molar-refractivity contribution is 0.319. The van der Waals surface area contributed by atoms with Gasteiger partial charge in [0.15, 0.2) is 11.5 Å². The molecule has 0 aliphatic heterocycles. The minimum absolute atomic E-state index is 0.504. The minimum atomic E-state index is 0.504. The van der Waals surface area contributed by atoms with E-state index in [-0.39, 0.29) is 0 Å². The Hall–Kier alpha value is -3.31. The lowest BCUT2D eigenvalue weighted by atomic mass is 9.95. The molecule has 0 unspecified atom stereocenters. The van der Waals surface area contributed by atoms with Crippen LogP contribution in [0, 0.1) is 0 Å². The molecule has 0 aliphatic rings. The van der Waals surface area contributed by atoms with Gasteiger partial charge in [-0.2, -0.15) is 0 Å². The Kier molecular flexibility index (Phi) is 7.25. The maximum atomic E-state index is 9.77. The van der Waals surface area contributed by atoms with E-state index in [2.05, 4.69) is 22.6 Å². The smallest absolute Gasteiger partial charge is 0.161 e. The lowest BCUT2D eigenvalue weighted by Gasteiger charge is -2.16. The third-order valence-electron chi connectivity index (χ3n) is 4.75. The van der Waals surface area contributed by atoms with Gasteiger partial charge in [-0.3, -0.25) is 0 Å².